The van der Waals surface area contributed by atoms with Crippen molar-refractivity contribution in [1.82, 2.24) is 4.98 Å². The fourth-order valence-electron chi connectivity index (χ4n) is 3.51. The maximum absolute atomic E-state index is 13.8. The topological polar surface area (TPSA) is 48.7 Å². The summed E-state index contributed by atoms with van der Waals surface area (Å²) in [5, 5.41) is 17.2. The van der Waals surface area contributed by atoms with Crippen LogP contribution in [-0.2, 0) is 0 Å². The minimum absolute atomic E-state index is 0.0561. The Labute approximate surface area is 146 Å². The number of hydrogen-bond donors (Lipinski definition) is 1. The van der Waals surface area contributed by atoms with Gasteiger partial charge >= 0.3 is 6.18 Å². The third-order valence-corrected chi connectivity index (χ3v) is 5.59. The summed E-state index contributed by atoms with van der Waals surface area (Å²) in [5.41, 5.74) is -1.22. The second kappa shape index (κ2) is 5.81. The molecule has 2 heterocycles. The highest BCUT2D eigenvalue weighted by atomic mass is 32.1. The number of nitrogens with zero attached hydrogens (tertiary/aromatic N) is 3. The van der Waals surface area contributed by atoms with E-state index >= 15 is 0 Å². The number of fused-ring (bicyclic) bond motifs is 1. The van der Waals surface area contributed by atoms with Crippen LogP contribution in [0, 0.1) is 5.92 Å². The molecule has 0 spiro atoms. The van der Waals surface area contributed by atoms with Gasteiger partial charge in [-0.25, -0.2) is 4.98 Å². The van der Waals surface area contributed by atoms with Gasteiger partial charge in [-0.2, -0.15) is 23.3 Å². The van der Waals surface area contributed by atoms with Crippen molar-refractivity contribution in [3.8, 4) is 11.3 Å². The number of hydrazone groups is 1. The van der Waals surface area contributed by atoms with Gasteiger partial charge in [-0.15, -0.1) is 11.3 Å². The normalized spacial score (nSPS) is 26.5. The summed E-state index contributed by atoms with van der Waals surface area (Å²) in [7, 11) is 0. The molecule has 2 unspecified atom stereocenters. The SMILES string of the molecule is OC1(C(F)(F)F)C2CCCCC2=NN1c1nc(-c2ccccc2)cs1. The molecule has 1 saturated carbocycles. The molecule has 4 nitrogen and oxygen atoms in total. The lowest BCUT2D eigenvalue weighted by Crippen LogP contribution is -2.60. The molecule has 2 aliphatic rings. The molecule has 0 amide bonds. The Morgan fingerprint density at radius 1 is 1.20 bits per heavy atom. The van der Waals surface area contributed by atoms with Crippen LogP contribution in [0.5, 0.6) is 0 Å². The third kappa shape index (κ3) is 2.55. The van der Waals surface area contributed by atoms with Crippen molar-refractivity contribution in [3.05, 3.63) is 35.7 Å². The third-order valence-electron chi connectivity index (χ3n) is 4.78. The smallest absolute Gasteiger partial charge is 0.362 e. The van der Waals surface area contributed by atoms with E-state index in [2.05, 4.69) is 10.1 Å². The molecule has 2 atom stereocenters. The average Bonchev–Trinajstić information content (AvgIpc) is 3.19. The number of benzene rings is 1. The highest BCUT2D eigenvalue weighted by Crippen LogP contribution is 2.50. The predicted molar refractivity (Wildman–Crippen MR) is 90.4 cm³/mol. The van der Waals surface area contributed by atoms with Gasteiger partial charge in [0, 0.05) is 16.7 Å². The summed E-state index contributed by atoms with van der Waals surface area (Å²) in [4.78, 5) is 4.31. The van der Waals surface area contributed by atoms with Gasteiger partial charge in [0.1, 0.15) is 0 Å². The second-order valence-electron chi connectivity index (χ2n) is 6.31. The summed E-state index contributed by atoms with van der Waals surface area (Å²) in [6.45, 7) is 0. The van der Waals surface area contributed by atoms with E-state index in [4.69, 9.17) is 0 Å². The molecule has 0 saturated heterocycles. The molecule has 1 N–H and O–H groups in total. The van der Waals surface area contributed by atoms with Gasteiger partial charge in [-0.3, -0.25) is 0 Å². The van der Waals surface area contributed by atoms with E-state index in [0.29, 0.717) is 29.3 Å². The van der Waals surface area contributed by atoms with E-state index in [9.17, 15) is 18.3 Å². The van der Waals surface area contributed by atoms with Crippen molar-refractivity contribution in [2.75, 3.05) is 5.01 Å². The first-order valence-corrected chi connectivity index (χ1v) is 8.97. The highest BCUT2D eigenvalue weighted by Gasteiger charge is 2.67. The quantitative estimate of drug-likeness (QED) is 0.854. The molecule has 1 aromatic carbocycles. The van der Waals surface area contributed by atoms with Crippen LogP contribution in [0.15, 0.2) is 40.8 Å². The zero-order valence-corrected chi connectivity index (χ0v) is 14.0. The monoisotopic (exact) mass is 367 g/mol. The van der Waals surface area contributed by atoms with E-state index < -0.39 is 17.8 Å². The van der Waals surface area contributed by atoms with Crippen molar-refractivity contribution in [3.63, 3.8) is 0 Å². The first kappa shape index (κ1) is 16.5. The predicted octanol–water partition coefficient (Wildman–Crippen LogP) is 4.43. The lowest BCUT2D eigenvalue weighted by atomic mass is 9.80. The Bertz CT molecular complexity index is 805. The number of halogens is 3. The van der Waals surface area contributed by atoms with Crippen LogP contribution < -0.4 is 5.01 Å². The van der Waals surface area contributed by atoms with Crippen LogP contribution in [-0.4, -0.2) is 27.7 Å². The lowest BCUT2D eigenvalue weighted by Gasteiger charge is -2.38. The van der Waals surface area contributed by atoms with Crippen LogP contribution in [0.25, 0.3) is 11.3 Å². The van der Waals surface area contributed by atoms with Gasteiger partial charge in [-0.1, -0.05) is 36.8 Å². The number of rotatable bonds is 2. The van der Waals surface area contributed by atoms with Gasteiger partial charge in [0.25, 0.3) is 5.72 Å². The average molecular weight is 367 g/mol. The molecular formula is C17H16F3N3OS. The van der Waals surface area contributed by atoms with Crippen molar-refractivity contribution in [1.29, 1.82) is 0 Å². The van der Waals surface area contributed by atoms with Gasteiger partial charge in [0.15, 0.2) is 0 Å². The molecule has 1 aliphatic heterocycles. The molecule has 0 radical (unpaired) electrons. The molecule has 0 bridgehead atoms. The number of alkyl halides is 3. The maximum Gasteiger partial charge on any atom is 0.439 e. The van der Waals surface area contributed by atoms with E-state index in [1.54, 1.807) is 5.38 Å². The number of thiazole rings is 1. The summed E-state index contributed by atoms with van der Waals surface area (Å²) in [5.74, 6) is -1.02. The molecule has 1 fully saturated rings. The molecule has 132 valence electrons. The first-order valence-electron chi connectivity index (χ1n) is 8.09. The lowest BCUT2D eigenvalue weighted by molar-refractivity contribution is -0.269. The van der Waals surface area contributed by atoms with E-state index in [-0.39, 0.29) is 11.6 Å². The van der Waals surface area contributed by atoms with Crippen LogP contribution in [0.3, 0.4) is 0 Å². The van der Waals surface area contributed by atoms with Crippen molar-refractivity contribution >= 4 is 22.2 Å². The Kier molecular flexibility index (Phi) is 3.84. The molecule has 2 aromatic rings. The number of aliphatic hydroxyl groups is 1. The molecular weight excluding hydrogens is 351 g/mol. The van der Waals surface area contributed by atoms with Gasteiger partial charge in [-0.05, 0) is 19.3 Å². The van der Waals surface area contributed by atoms with Crippen molar-refractivity contribution < 1.29 is 18.3 Å². The fraction of sp³-hybridized carbons (Fsp3) is 0.412. The second-order valence-corrected chi connectivity index (χ2v) is 7.14. The van der Waals surface area contributed by atoms with Crippen molar-refractivity contribution in [2.24, 2.45) is 11.0 Å². The Morgan fingerprint density at radius 3 is 2.68 bits per heavy atom. The summed E-state index contributed by atoms with van der Waals surface area (Å²) < 4.78 is 41.4. The van der Waals surface area contributed by atoms with Gasteiger partial charge in [0.05, 0.1) is 11.6 Å². The Hall–Kier alpha value is -1.93. The van der Waals surface area contributed by atoms with Crippen LogP contribution >= 0.6 is 11.3 Å². The molecule has 4 rings (SSSR count). The van der Waals surface area contributed by atoms with Crippen molar-refractivity contribution in [2.45, 2.75) is 37.6 Å². The number of anilines is 1. The maximum atomic E-state index is 13.8. The molecule has 1 aromatic heterocycles. The number of hydrogen-bond acceptors (Lipinski definition) is 5. The van der Waals surface area contributed by atoms with Crippen LogP contribution in [0.2, 0.25) is 0 Å². The number of aromatic nitrogens is 1. The van der Waals surface area contributed by atoms with E-state index in [0.717, 1.165) is 23.3 Å². The van der Waals surface area contributed by atoms with Gasteiger partial charge in [0.2, 0.25) is 5.13 Å². The first-order chi connectivity index (χ1) is 11.9. The standard InChI is InChI=1S/C17H16F3N3OS/c18-17(19,20)16(24)12-8-4-5-9-13(12)22-23(16)15-21-14(10-25-15)11-6-2-1-3-7-11/h1-3,6-7,10,12,24H,4-5,8-9H2. The van der Waals surface area contributed by atoms with E-state index in [1.165, 1.54) is 0 Å². The minimum atomic E-state index is -4.82. The van der Waals surface area contributed by atoms with Gasteiger partial charge < -0.3 is 5.11 Å². The van der Waals surface area contributed by atoms with E-state index in [1.807, 2.05) is 30.3 Å². The largest absolute Gasteiger partial charge is 0.439 e. The fourth-order valence-corrected chi connectivity index (χ4v) is 4.35. The molecule has 1 aliphatic carbocycles. The highest BCUT2D eigenvalue weighted by molar-refractivity contribution is 7.14. The summed E-state index contributed by atoms with van der Waals surface area (Å²) in [6, 6.07) is 9.21. The Balaban J connectivity index is 1.75. The summed E-state index contributed by atoms with van der Waals surface area (Å²) >= 11 is 1.05. The Morgan fingerprint density at radius 2 is 1.96 bits per heavy atom. The summed E-state index contributed by atoms with van der Waals surface area (Å²) in [6.07, 6.45) is -2.61. The minimum Gasteiger partial charge on any atom is -0.362 e. The van der Waals surface area contributed by atoms with Crippen LogP contribution in [0.1, 0.15) is 25.7 Å². The molecule has 8 heteroatoms. The molecule has 25 heavy (non-hydrogen) atoms. The zero-order valence-electron chi connectivity index (χ0n) is 13.2. The zero-order chi connectivity index (χ0) is 17.7. The van der Waals surface area contributed by atoms with Crippen LogP contribution in [0.4, 0.5) is 18.3 Å².